The van der Waals surface area contributed by atoms with E-state index >= 15 is 0 Å². The molecule has 3 aromatic rings. The van der Waals surface area contributed by atoms with E-state index in [1.165, 1.54) is 12.3 Å². The van der Waals surface area contributed by atoms with Crippen molar-refractivity contribution in [3.8, 4) is 11.5 Å². The summed E-state index contributed by atoms with van der Waals surface area (Å²) >= 11 is 0. The molecule has 1 unspecified atom stereocenters. The van der Waals surface area contributed by atoms with Gasteiger partial charge in [-0.05, 0) is 43.9 Å². The molecule has 0 amide bonds. The highest BCUT2D eigenvalue weighted by Crippen LogP contribution is 2.40. The summed E-state index contributed by atoms with van der Waals surface area (Å²) in [6.45, 7) is 1.39. The zero-order valence-electron chi connectivity index (χ0n) is 18.2. The van der Waals surface area contributed by atoms with Gasteiger partial charge in [-0.15, -0.1) is 0 Å². The molecule has 1 atom stereocenters. The molecule has 11 heteroatoms. The molecule has 3 aromatic heterocycles. The van der Waals surface area contributed by atoms with Crippen LogP contribution in [0.1, 0.15) is 55.1 Å². The number of nitrogens with one attached hydrogen (secondary N) is 1. The van der Waals surface area contributed by atoms with Crippen LogP contribution in [0.3, 0.4) is 0 Å². The predicted octanol–water partition coefficient (Wildman–Crippen LogP) is 5.03. The van der Waals surface area contributed by atoms with Gasteiger partial charge >= 0.3 is 6.18 Å². The third-order valence-electron chi connectivity index (χ3n) is 5.86. The number of anilines is 2. The molecule has 0 radical (unpaired) electrons. The first-order valence-corrected chi connectivity index (χ1v) is 11.2. The van der Waals surface area contributed by atoms with E-state index in [4.69, 9.17) is 14.6 Å². The van der Waals surface area contributed by atoms with Crippen LogP contribution in [0.2, 0.25) is 0 Å². The average Bonchev–Trinajstić information content (AvgIpc) is 3.59. The molecule has 180 valence electrons. The second-order valence-corrected chi connectivity index (χ2v) is 8.49. The molecule has 0 bridgehead atoms. The molecule has 2 fully saturated rings. The van der Waals surface area contributed by atoms with Crippen molar-refractivity contribution in [1.82, 2.24) is 19.7 Å². The monoisotopic (exact) mass is 475 g/mol. The van der Waals surface area contributed by atoms with Crippen LogP contribution in [-0.4, -0.2) is 44.2 Å². The van der Waals surface area contributed by atoms with Crippen LogP contribution in [-0.2, 0) is 4.74 Å². The Labute approximate surface area is 193 Å². The molecule has 0 spiro atoms. The fourth-order valence-corrected chi connectivity index (χ4v) is 3.91. The summed E-state index contributed by atoms with van der Waals surface area (Å²) in [4.78, 5) is 7.84. The lowest BCUT2D eigenvalue weighted by Crippen LogP contribution is -2.21. The van der Waals surface area contributed by atoms with Crippen LogP contribution in [0.15, 0.2) is 42.9 Å². The molecular formula is C23H24F3N5O3. The van der Waals surface area contributed by atoms with E-state index < -0.39 is 18.0 Å². The minimum absolute atomic E-state index is 0.262. The SMILES string of the molecule is OC(c1cc(Nc2cc(Oc3cn(C4CC4)nc3C3CCOCC3)ccn2)ccn1)C(F)(F)F. The number of aliphatic hydroxyl groups excluding tert-OH is 1. The highest BCUT2D eigenvalue weighted by molar-refractivity contribution is 5.57. The van der Waals surface area contributed by atoms with Gasteiger partial charge in [0.15, 0.2) is 11.9 Å². The molecule has 2 N–H and O–H groups in total. The van der Waals surface area contributed by atoms with Crippen molar-refractivity contribution in [1.29, 1.82) is 0 Å². The number of pyridine rings is 2. The Morgan fingerprint density at radius 1 is 1.09 bits per heavy atom. The highest BCUT2D eigenvalue weighted by atomic mass is 19.4. The first-order chi connectivity index (χ1) is 16.4. The zero-order valence-corrected chi connectivity index (χ0v) is 18.2. The fourth-order valence-electron chi connectivity index (χ4n) is 3.91. The molecule has 8 nitrogen and oxygen atoms in total. The van der Waals surface area contributed by atoms with Crippen molar-refractivity contribution < 1.29 is 27.8 Å². The molecule has 1 saturated carbocycles. The molecule has 2 aliphatic rings. The molecular weight excluding hydrogens is 451 g/mol. The highest BCUT2D eigenvalue weighted by Gasteiger charge is 2.40. The van der Waals surface area contributed by atoms with Crippen molar-refractivity contribution in [3.05, 3.63) is 54.2 Å². The molecule has 34 heavy (non-hydrogen) atoms. The van der Waals surface area contributed by atoms with E-state index in [0.717, 1.165) is 37.4 Å². The first kappa shape index (κ1) is 22.6. The topological polar surface area (TPSA) is 94.3 Å². The van der Waals surface area contributed by atoms with Crippen molar-refractivity contribution in [2.24, 2.45) is 0 Å². The minimum atomic E-state index is -4.80. The Balaban J connectivity index is 1.34. The van der Waals surface area contributed by atoms with E-state index in [9.17, 15) is 18.3 Å². The van der Waals surface area contributed by atoms with Gasteiger partial charge in [-0.25, -0.2) is 4.98 Å². The predicted molar refractivity (Wildman–Crippen MR) is 116 cm³/mol. The summed E-state index contributed by atoms with van der Waals surface area (Å²) < 4.78 is 52.1. The van der Waals surface area contributed by atoms with Crippen molar-refractivity contribution in [2.75, 3.05) is 18.5 Å². The maximum Gasteiger partial charge on any atom is 0.420 e. The second-order valence-electron chi connectivity index (χ2n) is 8.49. The number of hydrogen-bond acceptors (Lipinski definition) is 7. The van der Waals surface area contributed by atoms with Crippen LogP contribution in [0.4, 0.5) is 24.7 Å². The summed E-state index contributed by atoms with van der Waals surface area (Å²) in [5, 5.41) is 17.2. The number of halogens is 3. The number of aromatic nitrogens is 4. The Kier molecular flexibility index (Phi) is 6.13. The fraction of sp³-hybridized carbons (Fsp3) is 0.435. The Morgan fingerprint density at radius 2 is 1.85 bits per heavy atom. The third-order valence-corrected chi connectivity index (χ3v) is 5.86. The van der Waals surface area contributed by atoms with Gasteiger partial charge in [0.1, 0.15) is 17.3 Å². The quantitative estimate of drug-likeness (QED) is 0.495. The summed E-state index contributed by atoms with van der Waals surface area (Å²) in [5.41, 5.74) is 0.724. The number of aliphatic hydroxyl groups is 1. The third kappa shape index (κ3) is 5.15. The van der Waals surface area contributed by atoms with Crippen molar-refractivity contribution in [2.45, 2.75) is 49.9 Å². The van der Waals surface area contributed by atoms with E-state index in [2.05, 4.69) is 15.3 Å². The summed E-state index contributed by atoms with van der Waals surface area (Å²) in [7, 11) is 0. The maximum absolute atomic E-state index is 12.8. The largest absolute Gasteiger partial charge is 0.454 e. The van der Waals surface area contributed by atoms with Gasteiger partial charge in [0, 0.05) is 43.3 Å². The lowest BCUT2D eigenvalue weighted by Gasteiger charge is -2.21. The van der Waals surface area contributed by atoms with Crippen molar-refractivity contribution >= 4 is 11.5 Å². The summed E-state index contributed by atoms with van der Waals surface area (Å²) in [6.07, 6.45) is 1.19. The number of nitrogens with zero attached hydrogens (tertiary/aromatic N) is 4. The number of hydrogen-bond donors (Lipinski definition) is 2. The van der Waals surface area contributed by atoms with E-state index in [1.807, 2.05) is 10.9 Å². The molecule has 0 aromatic carbocycles. The maximum atomic E-state index is 12.8. The van der Waals surface area contributed by atoms with Crippen LogP contribution < -0.4 is 10.1 Å². The average molecular weight is 475 g/mol. The van der Waals surface area contributed by atoms with Crippen LogP contribution >= 0.6 is 0 Å². The van der Waals surface area contributed by atoms with Gasteiger partial charge in [0.2, 0.25) is 0 Å². The van der Waals surface area contributed by atoms with Crippen LogP contribution in [0.25, 0.3) is 0 Å². The standard InChI is InChI=1S/C23H24F3N5O3/c24-23(25,26)22(32)18-11-15(3-7-27-18)29-20-12-17(4-8-28-20)34-19-13-31(16-1-2-16)30-21(19)14-5-9-33-10-6-14/h3-4,7-8,11-14,16,22,32H,1-2,5-6,9-10H2,(H,27,28,29). The van der Waals surface area contributed by atoms with Crippen LogP contribution in [0, 0.1) is 0 Å². The molecule has 1 aliphatic heterocycles. The molecule has 1 aliphatic carbocycles. The summed E-state index contributed by atoms with van der Waals surface area (Å²) in [6, 6.07) is 6.40. The van der Waals surface area contributed by atoms with Gasteiger partial charge < -0.3 is 19.9 Å². The second kappa shape index (κ2) is 9.22. The van der Waals surface area contributed by atoms with E-state index in [-0.39, 0.29) is 5.92 Å². The Morgan fingerprint density at radius 3 is 2.59 bits per heavy atom. The van der Waals surface area contributed by atoms with E-state index in [0.29, 0.717) is 42.3 Å². The van der Waals surface area contributed by atoms with Gasteiger partial charge in [0.25, 0.3) is 0 Å². The molecule has 5 rings (SSSR count). The Hall–Kier alpha value is -3.18. The van der Waals surface area contributed by atoms with E-state index in [1.54, 1.807) is 18.3 Å². The van der Waals surface area contributed by atoms with Crippen molar-refractivity contribution in [3.63, 3.8) is 0 Å². The Bertz CT molecular complexity index is 1140. The van der Waals surface area contributed by atoms with Gasteiger partial charge in [-0.3, -0.25) is 9.67 Å². The smallest absolute Gasteiger partial charge is 0.420 e. The number of rotatable bonds is 7. The number of alkyl halides is 3. The van der Waals surface area contributed by atoms with Crippen LogP contribution in [0.5, 0.6) is 11.5 Å². The van der Waals surface area contributed by atoms with Gasteiger partial charge in [0.05, 0.1) is 17.9 Å². The first-order valence-electron chi connectivity index (χ1n) is 11.2. The zero-order chi connectivity index (χ0) is 23.7. The summed E-state index contributed by atoms with van der Waals surface area (Å²) in [5.74, 6) is 1.85. The molecule has 4 heterocycles. The van der Waals surface area contributed by atoms with Gasteiger partial charge in [-0.2, -0.15) is 18.3 Å². The lowest BCUT2D eigenvalue weighted by molar-refractivity contribution is -0.207. The number of ether oxygens (including phenoxy) is 2. The lowest BCUT2D eigenvalue weighted by atomic mass is 9.96. The minimum Gasteiger partial charge on any atom is -0.454 e. The normalized spacial score (nSPS) is 18.0. The van der Waals surface area contributed by atoms with Gasteiger partial charge in [-0.1, -0.05) is 0 Å². The molecule has 1 saturated heterocycles.